The number of fused-ring (bicyclic) bond motifs is 1. The molecule has 2 aliphatic rings. The summed E-state index contributed by atoms with van der Waals surface area (Å²) in [7, 11) is 1.53. The Morgan fingerprint density at radius 2 is 1.52 bits per heavy atom. The number of alkyl halides is 2. The fourth-order valence-corrected chi connectivity index (χ4v) is 5.48. The molecule has 1 aliphatic heterocycles. The molecule has 1 saturated carbocycles. The van der Waals surface area contributed by atoms with Crippen LogP contribution in [0.4, 0.5) is 5.69 Å². The van der Waals surface area contributed by atoms with Crippen molar-refractivity contribution in [2.75, 3.05) is 18.6 Å². The lowest BCUT2D eigenvalue weighted by Gasteiger charge is -2.29. The third-order valence-corrected chi connectivity index (χ3v) is 8.76. The summed E-state index contributed by atoms with van der Waals surface area (Å²) in [5.74, 6) is -2.05. The molecule has 9 heteroatoms. The van der Waals surface area contributed by atoms with Crippen molar-refractivity contribution in [2.45, 2.75) is 22.5 Å². The van der Waals surface area contributed by atoms with Gasteiger partial charge in [0.2, 0.25) is 11.8 Å². The van der Waals surface area contributed by atoms with Gasteiger partial charge in [0.1, 0.15) is 5.75 Å². The first kappa shape index (κ1) is 23.6. The Hall–Kier alpha value is -2.52. The number of rotatable bonds is 6. The van der Waals surface area contributed by atoms with E-state index < -0.39 is 24.4 Å². The minimum absolute atomic E-state index is 0.0613. The molecule has 7 nitrogen and oxygen atoms in total. The van der Waals surface area contributed by atoms with E-state index in [4.69, 9.17) is 9.47 Å². The van der Waals surface area contributed by atoms with Gasteiger partial charge in [-0.15, -0.1) is 0 Å². The Morgan fingerprint density at radius 1 is 0.939 bits per heavy atom. The molecule has 2 amide bonds. The van der Waals surface area contributed by atoms with Crippen LogP contribution in [0.5, 0.6) is 5.75 Å². The summed E-state index contributed by atoms with van der Waals surface area (Å²) in [6.45, 7) is -0.469. The third kappa shape index (κ3) is 4.61. The number of ketones is 1. The second-order valence-corrected chi connectivity index (χ2v) is 10.3. The highest BCUT2D eigenvalue weighted by Gasteiger charge is 2.52. The number of nitrogens with zero attached hydrogens (tertiary/aromatic N) is 1. The van der Waals surface area contributed by atoms with Crippen LogP contribution in [0.2, 0.25) is 0 Å². The molecular weight excluding hydrogens is 558 g/mol. The minimum Gasteiger partial charge on any atom is -0.497 e. The van der Waals surface area contributed by atoms with Gasteiger partial charge in [-0.1, -0.05) is 44.0 Å². The van der Waals surface area contributed by atoms with E-state index >= 15 is 0 Å². The quantitative estimate of drug-likeness (QED) is 0.221. The number of hydrogen-bond acceptors (Lipinski definition) is 6. The van der Waals surface area contributed by atoms with Gasteiger partial charge in [-0.25, -0.2) is 9.69 Å². The van der Waals surface area contributed by atoms with E-state index in [-0.39, 0.29) is 38.5 Å². The number of esters is 1. The van der Waals surface area contributed by atoms with Crippen molar-refractivity contribution in [3.8, 4) is 5.75 Å². The molecule has 0 spiro atoms. The van der Waals surface area contributed by atoms with E-state index in [1.165, 1.54) is 13.2 Å². The summed E-state index contributed by atoms with van der Waals surface area (Å²) in [4.78, 5) is 52.8. The van der Waals surface area contributed by atoms with Crippen LogP contribution in [0.25, 0.3) is 0 Å². The topological polar surface area (TPSA) is 90.0 Å². The highest BCUT2D eigenvalue weighted by molar-refractivity contribution is 9.12. The molecule has 2 aromatic carbocycles. The number of halogens is 2. The van der Waals surface area contributed by atoms with E-state index in [0.717, 1.165) is 4.90 Å². The van der Waals surface area contributed by atoms with Gasteiger partial charge in [-0.2, -0.15) is 0 Å². The van der Waals surface area contributed by atoms with Crippen LogP contribution in [0.1, 0.15) is 33.6 Å². The largest absolute Gasteiger partial charge is 0.497 e. The molecule has 1 saturated heterocycles. The number of carbonyl (C=O) groups excluding carboxylic acids is 4. The third-order valence-electron chi connectivity index (χ3n) is 6.02. The van der Waals surface area contributed by atoms with Gasteiger partial charge in [0, 0.05) is 15.2 Å². The van der Waals surface area contributed by atoms with Gasteiger partial charge in [-0.05, 0) is 49.2 Å². The van der Waals surface area contributed by atoms with Crippen LogP contribution in [0.3, 0.4) is 0 Å². The summed E-state index contributed by atoms with van der Waals surface area (Å²) in [5.41, 5.74) is 0.617. The standard InChI is InChI=1S/C24H21Br2NO6/c1-32-14-8-6-13(7-9-14)21(28)12-33-24(31)15-4-2-3-5-20(15)27-22(29)16-10-18(25)19(26)11-17(16)23(27)30/h2-9,16-19H,10-12H2,1H3/t16-,17-,18+,19+/m0/s1. The van der Waals surface area contributed by atoms with E-state index in [1.54, 1.807) is 42.5 Å². The molecule has 0 N–H and O–H groups in total. The Kier molecular flexibility index (Phi) is 6.99. The van der Waals surface area contributed by atoms with E-state index in [0.29, 0.717) is 24.2 Å². The monoisotopic (exact) mass is 577 g/mol. The lowest BCUT2D eigenvalue weighted by atomic mass is 9.81. The van der Waals surface area contributed by atoms with Gasteiger partial charge in [0.15, 0.2) is 12.4 Å². The van der Waals surface area contributed by atoms with Crippen LogP contribution in [0, 0.1) is 11.8 Å². The molecule has 1 heterocycles. The molecule has 1 aliphatic carbocycles. The second-order valence-electron chi connectivity index (χ2n) is 7.97. The minimum atomic E-state index is -0.778. The number of amides is 2. The molecule has 2 aromatic rings. The smallest absolute Gasteiger partial charge is 0.340 e. The van der Waals surface area contributed by atoms with Crippen molar-refractivity contribution in [3.05, 3.63) is 59.7 Å². The van der Waals surface area contributed by atoms with E-state index in [1.807, 2.05) is 0 Å². The predicted molar refractivity (Wildman–Crippen MR) is 128 cm³/mol. The Balaban J connectivity index is 1.51. The maximum Gasteiger partial charge on any atom is 0.340 e. The lowest BCUT2D eigenvalue weighted by molar-refractivity contribution is -0.122. The number of ether oxygens (including phenoxy) is 2. The zero-order chi connectivity index (χ0) is 23.7. The molecule has 33 heavy (non-hydrogen) atoms. The van der Waals surface area contributed by atoms with Gasteiger partial charge in [0.25, 0.3) is 0 Å². The van der Waals surface area contributed by atoms with Crippen LogP contribution in [-0.2, 0) is 14.3 Å². The second kappa shape index (κ2) is 9.77. The summed E-state index contributed by atoms with van der Waals surface area (Å²) in [6, 6.07) is 12.8. The Morgan fingerprint density at radius 3 is 2.09 bits per heavy atom. The number of hydrogen-bond donors (Lipinski definition) is 0. The predicted octanol–water partition coefficient (Wildman–Crippen LogP) is 4.16. The maximum absolute atomic E-state index is 13.1. The first-order valence-electron chi connectivity index (χ1n) is 10.4. The van der Waals surface area contributed by atoms with Crippen molar-refractivity contribution >= 4 is 61.1 Å². The average Bonchev–Trinajstić information content (AvgIpc) is 3.06. The van der Waals surface area contributed by atoms with E-state index in [2.05, 4.69) is 31.9 Å². The Labute approximate surface area is 207 Å². The molecule has 4 atom stereocenters. The van der Waals surface area contributed by atoms with Gasteiger partial charge < -0.3 is 9.47 Å². The maximum atomic E-state index is 13.1. The molecule has 0 aromatic heterocycles. The van der Waals surface area contributed by atoms with Gasteiger partial charge >= 0.3 is 5.97 Å². The lowest BCUT2D eigenvalue weighted by Crippen LogP contribution is -2.34. The molecule has 2 fully saturated rings. The fraction of sp³-hybridized carbons (Fsp3) is 0.333. The number of Topliss-reactive ketones (excluding diaryl/α,β-unsaturated/α-hetero) is 1. The van der Waals surface area contributed by atoms with Crippen molar-refractivity contribution in [3.63, 3.8) is 0 Å². The number of anilines is 1. The van der Waals surface area contributed by atoms with E-state index in [9.17, 15) is 19.2 Å². The molecule has 0 radical (unpaired) electrons. The summed E-state index contributed by atoms with van der Waals surface area (Å²) >= 11 is 7.14. The Bertz CT molecular complexity index is 1070. The molecular formula is C24H21Br2NO6. The van der Waals surface area contributed by atoms with Crippen LogP contribution in [-0.4, -0.2) is 46.9 Å². The van der Waals surface area contributed by atoms with Gasteiger partial charge in [-0.3, -0.25) is 14.4 Å². The number of para-hydroxylation sites is 1. The summed E-state index contributed by atoms with van der Waals surface area (Å²) in [5, 5.41) is 0. The SMILES string of the molecule is COc1ccc(C(=O)COC(=O)c2ccccc2N2C(=O)[C@H]3C[C@@H](Br)[C@H](Br)C[C@@H]3C2=O)cc1. The molecule has 172 valence electrons. The normalized spacial score (nSPS) is 24.4. The number of benzene rings is 2. The van der Waals surface area contributed by atoms with Crippen LogP contribution in [0.15, 0.2) is 48.5 Å². The summed E-state index contributed by atoms with van der Waals surface area (Å²) < 4.78 is 10.3. The van der Waals surface area contributed by atoms with Gasteiger partial charge in [0.05, 0.1) is 30.2 Å². The number of carbonyl (C=O) groups is 4. The first-order chi connectivity index (χ1) is 15.8. The number of imide groups is 1. The van der Waals surface area contributed by atoms with Crippen LogP contribution >= 0.6 is 31.9 Å². The van der Waals surface area contributed by atoms with Crippen molar-refractivity contribution in [2.24, 2.45) is 11.8 Å². The zero-order valence-corrected chi connectivity index (χ0v) is 20.9. The highest BCUT2D eigenvalue weighted by Crippen LogP contribution is 2.44. The van der Waals surface area contributed by atoms with Crippen molar-refractivity contribution in [1.29, 1.82) is 0 Å². The average molecular weight is 579 g/mol. The van der Waals surface area contributed by atoms with Crippen molar-refractivity contribution in [1.82, 2.24) is 0 Å². The highest BCUT2D eigenvalue weighted by atomic mass is 79.9. The molecule has 4 rings (SSSR count). The molecule has 0 bridgehead atoms. The number of methoxy groups -OCH3 is 1. The fourth-order valence-electron chi connectivity index (χ4n) is 4.24. The van der Waals surface area contributed by atoms with Crippen molar-refractivity contribution < 1.29 is 28.7 Å². The molecule has 0 unspecified atom stereocenters. The summed E-state index contributed by atoms with van der Waals surface area (Å²) in [6.07, 6.45) is 1.06. The van der Waals surface area contributed by atoms with Crippen LogP contribution < -0.4 is 9.64 Å². The first-order valence-corrected chi connectivity index (χ1v) is 12.2. The zero-order valence-electron chi connectivity index (χ0n) is 17.7.